The third-order valence-electron chi connectivity index (χ3n) is 10.3. The van der Waals surface area contributed by atoms with Crippen molar-refractivity contribution in [2.45, 2.75) is 104 Å². The van der Waals surface area contributed by atoms with Crippen LogP contribution in [0.15, 0.2) is 43.0 Å². The number of benzene rings is 2. The predicted octanol–water partition coefficient (Wildman–Crippen LogP) is 9.77. The largest absolute Gasteiger partial charge is 0.379 e. The van der Waals surface area contributed by atoms with E-state index < -0.39 is 0 Å². The van der Waals surface area contributed by atoms with Crippen molar-refractivity contribution in [1.29, 1.82) is 0 Å². The molecule has 1 unspecified atom stereocenters. The Morgan fingerprint density at radius 3 is 2.45 bits per heavy atom. The number of aromatic amines is 1. The Bertz CT molecular complexity index is 1450. The third kappa shape index (κ3) is 6.59. The standard InChI is InChI=1S/C39H56N4S/c1-9-12-18-39(17-10-2)26-42(8)38-23-31(13-14-35(38)39)32-22-34(30(7)40-25-36-27(4)21-28(5)41-36)29(6)37(24-32)43(11-3)33-15-19-44-20-16-33/h13-14,21-24,33,40-41H,7,9-12,15-20,25-26H2,1-6,8H3. The van der Waals surface area contributed by atoms with Gasteiger partial charge in [-0.25, -0.2) is 0 Å². The van der Waals surface area contributed by atoms with E-state index in [0.29, 0.717) is 6.04 Å². The molecule has 0 bridgehead atoms. The Labute approximate surface area is 272 Å². The summed E-state index contributed by atoms with van der Waals surface area (Å²) in [5.41, 5.74) is 14.5. The maximum Gasteiger partial charge on any atom is 0.0553 e. The molecule has 1 atom stereocenters. The first-order chi connectivity index (χ1) is 21.2. The number of aromatic nitrogens is 1. The van der Waals surface area contributed by atoms with E-state index in [0.717, 1.165) is 25.3 Å². The Morgan fingerprint density at radius 1 is 1.02 bits per heavy atom. The van der Waals surface area contributed by atoms with Crippen LogP contribution >= 0.6 is 11.8 Å². The Kier molecular flexibility index (Phi) is 10.4. The molecule has 2 aliphatic heterocycles. The van der Waals surface area contributed by atoms with Crippen molar-refractivity contribution in [3.8, 4) is 11.1 Å². The number of anilines is 2. The minimum absolute atomic E-state index is 0.279. The molecule has 44 heavy (non-hydrogen) atoms. The Morgan fingerprint density at radius 2 is 1.80 bits per heavy atom. The lowest BCUT2D eigenvalue weighted by Gasteiger charge is -2.37. The van der Waals surface area contributed by atoms with Gasteiger partial charge < -0.3 is 20.1 Å². The summed E-state index contributed by atoms with van der Waals surface area (Å²) in [7, 11) is 2.30. The van der Waals surface area contributed by atoms with E-state index in [1.807, 2.05) is 0 Å². The summed E-state index contributed by atoms with van der Waals surface area (Å²) in [6.07, 6.45) is 8.83. The van der Waals surface area contributed by atoms with Crippen LogP contribution in [0, 0.1) is 20.8 Å². The zero-order valence-corrected chi connectivity index (χ0v) is 29.4. The first-order valence-corrected chi connectivity index (χ1v) is 18.3. The minimum Gasteiger partial charge on any atom is -0.379 e. The zero-order valence-electron chi connectivity index (χ0n) is 28.5. The lowest BCUT2D eigenvalue weighted by atomic mass is 9.74. The summed E-state index contributed by atoms with van der Waals surface area (Å²) >= 11 is 2.10. The van der Waals surface area contributed by atoms with Gasteiger partial charge in [0.1, 0.15) is 0 Å². The summed E-state index contributed by atoms with van der Waals surface area (Å²) in [5.74, 6) is 2.51. The number of thioether (sulfide) groups is 1. The summed E-state index contributed by atoms with van der Waals surface area (Å²) in [5, 5.41) is 3.69. The van der Waals surface area contributed by atoms with Crippen LogP contribution in [0.4, 0.5) is 11.4 Å². The van der Waals surface area contributed by atoms with Gasteiger partial charge in [-0.05, 0) is 117 Å². The number of fused-ring (bicyclic) bond motifs is 1. The molecule has 0 saturated carbocycles. The van der Waals surface area contributed by atoms with Crippen molar-refractivity contribution in [2.75, 3.05) is 41.4 Å². The Balaban J connectivity index is 1.56. The second-order valence-electron chi connectivity index (χ2n) is 13.5. The molecular weight excluding hydrogens is 557 g/mol. The van der Waals surface area contributed by atoms with Gasteiger partial charge in [0.2, 0.25) is 0 Å². The minimum atomic E-state index is 0.279. The molecule has 1 fully saturated rings. The van der Waals surface area contributed by atoms with Crippen LogP contribution in [0.1, 0.15) is 99.4 Å². The molecule has 0 aliphatic carbocycles. The van der Waals surface area contributed by atoms with Gasteiger partial charge in [0.05, 0.1) is 6.54 Å². The van der Waals surface area contributed by atoms with E-state index >= 15 is 0 Å². The van der Waals surface area contributed by atoms with Crippen molar-refractivity contribution in [2.24, 2.45) is 0 Å². The summed E-state index contributed by atoms with van der Waals surface area (Å²) in [4.78, 5) is 8.73. The first-order valence-electron chi connectivity index (χ1n) is 17.1. The smallest absolute Gasteiger partial charge is 0.0553 e. The number of H-pyrrole nitrogens is 1. The first kappa shape index (κ1) is 32.6. The van der Waals surface area contributed by atoms with Crippen LogP contribution in [0.25, 0.3) is 16.8 Å². The highest BCUT2D eigenvalue weighted by molar-refractivity contribution is 7.99. The van der Waals surface area contributed by atoms with Gasteiger partial charge in [-0.2, -0.15) is 11.8 Å². The average Bonchev–Trinajstić information content (AvgIpc) is 3.50. The number of aryl methyl sites for hydroxylation is 2. The van der Waals surface area contributed by atoms with E-state index in [4.69, 9.17) is 0 Å². The molecule has 0 amide bonds. The van der Waals surface area contributed by atoms with Crippen molar-refractivity contribution in [1.82, 2.24) is 10.3 Å². The number of hydrogen-bond acceptors (Lipinski definition) is 4. The van der Waals surface area contributed by atoms with Crippen LogP contribution in [0.3, 0.4) is 0 Å². The topological polar surface area (TPSA) is 34.3 Å². The van der Waals surface area contributed by atoms with Gasteiger partial charge in [0.25, 0.3) is 0 Å². The third-order valence-corrected chi connectivity index (χ3v) is 11.4. The molecule has 2 aromatic carbocycles. The van der Waals surface area contributed by atoms with Crippen molar-refractivity contribution >= 4 is 28.8 Å². The van der Waals surface area contributed by atoms with Gasteiger partial charge in [-0.1, -0.05) is 51.8 Å². The molecule has 4 nitrogen and oxygen atoms in total. The maximum atomic E-state index is 4.59. The molecule has 1 saturated heterocycles. The Hall–Kier alpha value is -2.79. The summed E-state index contributed by atoms with van der Waals surface area (Å²) in [6, 6.07) is 15.0. The van der Waals surface area contributed by atoms with E-state index in [2.05, 4.69) is 123 Å². The van der Waals surface area contributed by atoms with Gasteiger partial charge in [-0.15, -0.1) is 0 Å². The monoisotopic (exact) mass is 612 g/mol. The van der Waals surface area contributed by atoms with Crippen LogP contribution in [-0.4, -0.2) is 42.7 Å². The second kappa shape index (κ2) is 14.1. The lowest BCUT2D eigenvalue weighted by Crippen LogP contribution is -2.38. The van der Waals surface area contributed by atoms with Gasteiger partial charge in [0.15, 0.2) is 0 Å². The molecule has 0 radical (unpaired) electrons. The zero-order chi connectivity index (χ0) is 31.4. The van der Waals surface area contributed by atoms with Crippen LogP contribution < -0.4 is 15.1 Å². The average molecular weight is 613 g/mol. The van der Waals surface area contributed by atoms with E-state index in [9.17, 15) is 0 Å². The van der Waals surface area contributed by atoms with Crippen LogP contribution in [0.2, 0.25) is 0 Å². The summed E-state index contributed by atoms with van der Waals surface area (Å²) in [6.45, 7) is 21.1. The molecule has 2 aliphatic rings. The molecule has 5 rings (SSSR count). The maximum absolute atomic E-state index is 4.59. The number of nitrogens with zero attached hydrogens (tertiary/aromatic N) is 2. The van der Waals surface area contributed by atoms with E-state index in [-0.39, 0.29) is 5.41 Å². The van der Waals surface area contributed by atoms with Crippen molar-refractivity contribution in [3.63, 3.8) is 0 Å². The van der Waals surface area contributed by atoms with Crippen molar-refractivity contribution in [3.05, 3.63) is 76.6 Å². The van der Waals surface area contributed by atoms with Gasteiger partial charge in [0, 0.05) is 65.6 Å². The number of nitrogens with one attached hydrogen (secondary N) is 2. The fourth-order valence-corrected chi connectivity index (χ4v) is 9.09. The fourth-order valence-electron chi connectivity index (χ4n) is 8.00. The highest BCUT2D eigenvalue weighted by Crippen LogP contribution is 2.48. The lowest BCUT2D eigenvalue weighted by molar-refractivity contribution is 0.372. The number of hydrogen-bond donors (Lipinski definition) is 2. The van der Waals surface area contributed by atoms with Gasteiger partial charge in [-0.3, -0.25) is 0 Å². The molecule has 3 aromatic rings. The fraction of sp³-hybridized carbons (Fsp3) is 0.538. The molecule has 5 heteroatoms. The van der Waals surface area contributed by atoms with Gasteiger partial charge >= 0.3 is 0 Å². The molecular formula is C39H56N4S. The van der Waals surface area contributed by atoms with Crippen LogP contribution in [-0.2, 0) is 12.0 Å². The van der Waals surface area contributed by atoms with E-state index in [1.165, 1.54) is 107 Å². The van der Waals surface area contributed by atoms with E-state index in [1.54, 1.807) is 5.56 Å². The normalized spacial score (nSPS) is 18.5. The number of rotatable bonds is 13. The highest BCUT2D eigenvalue weighted by atomic mass is 32.2. The quantitative estimate of drug-likeness (QED) is 0.201. The van der Waals surface area contributed by atoms with Crippen LogP contribution in [0.5, 0.6) is 0 Å². The second-order valence-corrected chi connectivity index (χ2v) is 14.7. The predicted molar refractivity (Wildman–Crippen MR) is 196 cm³/mol. The number of likely N-dealkylation sites (N-methyl/N-ethyl adjacent to an activating group) is 1. The van der Waals surface area contributed by atoms with Crippen molar-refractivity contribution < 1.29 is 0 Å². The highest BCUT2D eigenvalue weighted by Gasteiger charge is 2.40. The molecule has 2 N–H and O–H groups in total. The SMILES string of the molecule is C=C(NCc1[nH]c(C)cc1C)c1cc(-c2ccc3c(c2)N(C)CC3(CCC)CCCC)cc(N(CC)C2CCSCC2)c1C. The molecule has 238 valence electrons. The molecule has 1 aromatic heterocycles. The molecule has 3 heterocycles. The number of unbranched alkanes of at least 4 members (excludes halogenated alkanes) is 1. The summed E-state index contributed by atoms with van der Waals surface area (Å²) < 4.78 is 0. The molecule has 0 spiro atoms.